The summed E-state index contributed by atoms with van der Waals surface area (Å²) in [6, 6.07) is 7.74. The molecular weight excluding hydrogens is 440 g/mol. The van der Waals surface area contributed by atoms with Gasteiger partial charge in [0.05, 0.1) is 12.1 Å². The van der Waals surface area contributed by atoms with Crippen LogP contribution in [0.2, 0.25) is 0 Å². The Hall–Kier alpha value is -2.54. The third-order valence-corrected chi connectivity index (χ3v) is 6.89. The molecular formula is C25H33ClN4O3. The summed E-state index contributed by atoms with van der Waals surface area (Å²) in [4.78, 5) is 32.1. The summed E-state index contributed by atoms with van der Waals surface area (Å²) in [7, 11) is 1.93. The molecule has 0 spiro atoms. The normalized spacial score (nSPS) is 14.7. The number of halogens is 1. The summed E-state index contributed by atoms with van der Waals surface area (Å²) in [5.41, 5.74) is 2.02. The molecule has 0 bridgehead atoms. The Labute approximate surface area is 199 Å². The first-order valence-corrected chi connectivity index (χ1v) is 12.6. The Morgan fingerprint density at radius 1 is 1.15 bits per heavy atom. The Bertz CT molecular complexity index is 1150. The van der Waals surface area contributed by atoms with Gasteiger partial charge in [-0.05, 0) is 50.3 Å². The van der Waals surface area contributed by atoms with E-state index in [4.69, 9.17) is 21.3 Å². The molecule has 0 aliphatic heterocycles. The summed E-state index contributed by atoms with van der Waals surface area (Å²) in [6.45, 7) is 1.02. The molecule has 1 fully saturated rings. The van der Waals surface area contributed by atoms with Crippen LogP contribution in [0.15, 0.2) is 35.3 Å². The number of pyridine rings is 1. The number of unbranched alkanes of at least 4 members (excludes halogenated alkanes) is 1. The van der Waals surface area contributed by atoms with E-state index in [0.717, 1.165) is 31.2 Å². The molecule has 3 aromatic heterocycles. The molecule has 178 valence electrons. The van der Waals surface area contributed by atoms with Gasteiger partial charge in [0.1, 0.15) is 5.52 Å². The summed E-state index contributed by atoms with van der Waals surface area (Å²) in [5, 5.41) is 0. The fourth-order valence-electron chi connectivity index (χ4n) is 4.71. The molecule has 0 unspecified atom stereocenters. The number of hydrogen-bond acceptors (Lipinski definition) is 4. The van der Waals surface area contributed by atoms with Gasteiger partial charge in [-0.1, -0.05) is 19.3 Å². The predicted molar refractivity (Wildman–Crippen MR) is 131 cm³/mol. The number of fused-ring (bicyclic) bond motifs is 3. The average molecular weight is 473 g/mol. The molecule has 7 nitrogen and oxygen atoms in total. The smallest absolute Gasteiger partial charge is 0.275 e. The third kappa shape index (κ3) is 5.35. The molecule has 3 heterocycles. The van der Waals surface area contributed by atoms with Gasteiger partial charge in [0.25, 0.3) is 5.56 Å². The number of aromatic nitrogens is 3. The largest absolute Gasteiger partial charge is 0.478 e. The first-order valence-electron chi connectivity index (χ1n) is 12.0. The second-order valence-corrected chi connectivity index (χ2v) is 9.23. The van der Waals surface area contributed by atoms with E-state index in [1.807, 2.05) is 40.7 Å². The van der Waals surface area contributed by atoms with Gasteiger partial charge in [0.2, 0.25) is 11.8 Å². The molecule has 8 heteroatoms. The van der Waals surface area contributed by atoms with Crippen molar-refractivity contribution in [1.29, 1.82) is 0 Å². The van der Waals surface area contributed by atoms with E-state index < -0.39 is 0 Å². The van der Waals surface area contributed by atoms with Gasteiger partial charge in [-0.2, -0.15) is 4.98 Å². The molecule has 1 aliphatic rings. The van der Waals surface area contributed by atoms with Gasteiger partial charge in [0.15, 0.2) is 5.65 Å². The van der Waals surface area contributed by atoms with E-state index in [2.05, 4.69) is 0 Å². The van der Waals surface area contributed by atoms with Crippen molar-refractivity contribution in [2.75, 3.05) is 19.5 Å². The molecule has 1 amide bonds. The van der Waals surface area contributed by atoms with E-state index in [1.165, 1.54) is 19.3 Å². The maximum absolute atomic E-state index is 12.9. The highest BCUT2D eigenvalue weighted by atomic mass is 35.5. The molecule has 0 saturated heterocycles. The second-order valence-electron chi connectivity index (χ2n) is 8.86. The minimum atomic E-state index is -0.0295. The van der Waals surface area contributed by atoms with Gasteiger partial charge in [-0.15, -0.1) is 11.6 Å². The molecule has 4 rings (SSSR count). The number of alkyl halides is 1. The molecule has 0 N–H and O–H groups in total. The monoisotopic (exact) mass is 472 g/mol. The maximum Gasteiger partial charge on any atom is 0.275 e. The van der Waals surface area contributed by atoms with Crippen LogP contribution < -0.4 is 10.3 Å². The maximum atomic E-state index is 12.9. The fraction of sp³-hybridized carbons (Fsp3) is 0.560. The fourth-order valence-corrected chi connectivity index (χ4v) is 4.90. The molecule has 0 atom stereocenters. The molecule has 33 heavy (non-hydrogen) atoms. The zero-order valence-corrected chi connectivity index (χ0v) is 20.1. The summed E-state index contributed by atoms with van der Waals surface area (Å²) in [5.74, 6) is 1.26. The van der Waals surface area contributed by atoms with Gasteiger partial charge in [-0.25, -0.2) is 0 Å². The van der Waals surface area contributed by atoms with Crippen LogP contribution >= 0.6 is 11.6 Å². The van der Waals surface area contributed by atoms with Crippen LogP contribution in [0.25, 0.3) is 16.7 Å². The molecule has 1 aliphatic carbocycles. The first kappa shape index (κ1) is 23.6. The quantitative estimate of drug-likeness (QED) is 0.319. The summed E-state index contributed by atoms with van der Waals surface area (Å²) >= 11 is 5.82. The standard InChI is InChI=1S/C25H33ClN4O3/c1-28(19-9-3-2-4-10-19)23(31)12-8-18-33-22-14-13-20-24(27-22)29-17-7-11-21(29)25(32)30(20)16-6-5-15-26/h7,11,13-14,17,19H,2-6,8-10,12,15-16,18H2,1H3. The van der Waals surface area contributed by atoms with Crippen molar-refractivity contribution < 1.29 is 9.53 Å². The highest BCUT2D eigenvalue weighted by Gasteiger charge is 2.21. The number of rotatable bonds is 10. The van der Waals surface area contributed by atoms with Crippen molar-refractivity contribution in [3.63, 3.8) is 0 Å². The molecule has 3 aromatic rings. The average Bonchev–Trinajstić information content (AvgIpc) is 3.34. The Morgan fingerprint density at radius 3 is 2.76 bits per heavy atom. The zero-order chi connectivity index (χ0) is 23.2. The number of hydrogen-bond donors (Lipinski definition) is 0. The van der Waals surface area contributed by atoms with Crippen molar-refractivity contribution in [3.8, 4) is 5.88 Å². The van der Waals surface area contributed by atoms with Crippen LogP contribution in [0, 0.1) is 0 Å². The highest BCUT2D eigenvalue weighted by molar-refractivity contribution is 6.17. The van der Waals surface area contributed by atoms with E-state index >= 15 is 0 Å². The van der Waals surface area contributed by atoms with Crippen LogP contribution in [0.5, 0.6) is 5.88 Å². The number of amides is 1. The predicted octanol–water partition coefficient (Wildman–Crippen LogP) is 4.62. The first-order chi connectivity index (χ1) is 16.1. The topological polar surface area (TPSA) is 68.8 Å². The van der Waals surface area contributed by atoms with Gasteiger partial charge >= 0.3 is 0 Å². The van der Waals surface area contributed by atoms with Crippen molar-refractivity contribution in [1.82, 2.24) is 18.9 Å². The summed E-state index contributed by atoms with van der Waals surface area (Å²) < 4.78 is 9.47. The Kier molecular flexibility index (Phi) is 7.91. The van der Waals surface area contributed by atoms with Crippen LogP contribution in [0.3, 0.4) is 0 Å². The van der Waals surface area contributed by atoms with Crippen LogP contribution in [-0.4, -0.2) is 50.3 Å². The van der Waals surface area contributed by atoms with E-state index in [9.17, 15) is 9.59 Å². The number of carbonyl (C=O) groups excluding carboxylic acids is 1. The molecule has 0 radical (unpaired) electrons. The van der Waals surface area contributed by atoms with Crippen molar-refractivity contribution in [3.05, 3.63) is 40.8 Å². The van der Waals surface area contributed by atoms with Crippen molar-refractivity contribution >= 4 is 34.2 Å². The van der Waals surface area contributed by atoms with E-state index in [0.29, 0.717) is 55.0 Å². The van der Waals surface area contributed by atoms with Crippen LogP contribution in [0.4, 0.5) is 0 Å². The lowest BCUT2D eigenvalue weighted by Gasteiger charge is -2.31. The lowest BCUT2D eigenvalue weighted by molar-refractivity contribution is -0.132. The van der Waals surface area contributed by atoms with Crippen LogP contribution in [0.1, 0.15) is 57.8 Å². The van der Waals surface area contributed by atoms with Crippen molar-refractivity contribution in [2.24, 2.45) is 0 Å². The highest BCUT2D eigenvalue weighted by Crippen LogP contribution is 2.22. The van der Waals surface area contributed by atoms with Gasteiger partial charge in [-0.3, -0.25) is 14.0 Å². The van der Waals surface area contributed by atoms with Gasteiger partial charge < -0.3 is 14.2 Å². The number of ether oxygens (including phenoxy) is 1. The Morgan fingerprint density at radius 2 is 1.97 bits per heavy atom. The van der Waals surface area contributed by atoms with Crippen molar-refractivity contribution in [2.45, 2.75) is 70.4 Å². The lowest BCUT2D eigenvalue weighted by Crippen LogP contribution is -2.38. The SMILES string of the molecule is CN(C(=O)CCCOc1ccc2c(n1)n1cccc1c(=O)n2CCCCCl)C1CCCCC1. The number of carbonyl (C=O) groups is 1. The second kappa shape index (κ2) is 11.1. The molecule has 1 saturated carbocycles. The minimum Gasteiger partial charge on any atom is -0.478 e. The molecule has 0 aromatic carbocycles. The number of aryl methyl sites for hydroxylation is 1. The minimum absolute atomic E-state index is 0.0295. The van der Waals surface area contributed by atoms with E-state index in [1.54, 1.807) is 10.6 Å². The number of nitrogens with zero attached hydrogens (tertiary/aromatic N) is 4. The Balaban J connectivity index is 1.42. The van der Waals surface area contributed by atoms with Crippen LogP contribution in [-0.2, 0) is 11.3 Å². The zero-order valence-electron chi connectivity index (χ0n) is 19.3. The lowest BCUT2D eigenvalue weighted by atomic mass is 9.94. The van der Waals surface area contributed by atoms with Gasteiger partial charge in [0, 0.05) is 44.2 Å². The third-order valence-electron chi connectivity index (χ3n) is 6.63. The summed E-state index contributed by atoms with van der Waals surface area (Å²) in [6.07, 6.45) is 10.6. The van der Waals surface area contributed by atoms with E-state index in [-0.39, 0.29) is 11.5 Å².